The van der Waals surface area contributed by atoms with Crippen molar-refractivity contribution in [2.75, 3.05) is 20.3 Å². The first kappa shape index (κ1) is 10.6. The van der Waals surface area contributed by atoms with Gasteiger partial charge in [-0.05, 0) is 25.8 Å². The predicted octanol–water partition coefficient (Wildman–Crippen LogP) is 1.03. The predicted molar refractivity (Wildman–Crippen MR) is 58.5 cm³/mol. The van der Waals surface area contributed by atoms with E-state index in [4.69, 9.17) is 4.74 Å². The smallest absolute Gasteiger partial charge is 0.0534 e. The molecule has 1 saturated heterocycles. The summed E-state index contributed by atoms with van der Waals surface area (Å²) in [6.45, 7) is 3.76. The fraction of sp³-hybridized carbons (Fsp3) is 0.727. The zero-order chi connectivity index (χ0) is 10.5. The summed E-state index contributed by atoms with van der Waals surface area (Å²) in [5, 5.41) is 7.49. The number of nitrogens with zero attached hydrogens (tertiary/aromatic N) is 2. The summed E-state index contributed by atoms with van der Waals surface area (Å²) >= 11 is 0. The van der Waals surface area contributed by atoms with Crippen molar-refractivity contribution >= 4 is 0 Å². The van der Waals surface area contributed by atoms with Gasteiger partial charge in [-0.25, -0.2) is 0 Å². The van der Waals surface area contributed by atoms with Crippen molar-refractivity contribution < 1.29 is 4.74 Å². The molecule has 2 heterocycles. The number of nitrogens with one attached hydrogen (secondary N) is 1. The van der Waals surface area contributed by atoms with Crippen LogP contribution in [-0.2, 0) is 17.8 Å². The van der Waals surface area contributed by atoms with Gasteiger partial charge < -0.3 is 10.1 Å². The van der Waals surface area contributed by atoms with E-state index in [-0.39, 0.29) is 0 Å². The standard InChI is InChI=1S/C11H19N3O/c1-12-6-11-7-13-14(9-11)8-10-2-4-15-5-3-10/h7,9-10,12H,2-6,8H2,1H3. The molecule has 1 aliphatic heterocycles. The van der Waals surface area contributed by atoms with Gasteiger partial charge in [-0.2, -0.15) is 5.10 Å². The van der Waals surface area contributed by atoms with E-state index in [1.54, 1.807) is 0 Å². The maximum absolute atomic E-state index is 5.34. The molecule has 0 aromatic carbocycles. The minimum atomic E-state index is 0.737. The number of ether oxygens (including phenoxy) is 1. The van der Waals surface area contributed by atoms with Crippen LogP contribution < -0.4 is 5.32 Å². The summed E-state index contributed by atoms with van der Waals surface area (Å²) in [5.74, 6) is 0.737. The molecule has 4 nitrogen and oxygen atoms in total. The molecule has 1 N–H and O–H groups in total. The molecule has 1 aliphatic rings. The lowest BCUT2D eigenvalue weighted by Crippen LogP contribution is -2.20. The van der Waals surface area contributed by atoms with Crippen molar-refractivity contribution in [3.05, 3.63) is 18.0 Å². The molecule has 1 fully saturated rings. The second-order valence-corrected chi connectivity index (χ2v) is 4.16. The van der Waals surface area contributed by atoms with E-state index in [0.717, 1.165) is 32.2 Å². The van der Waals surface area contributed by atoms with Gasteiger partial charge in [0.05, 0.1) is 6.20 Å². The van der Waals surface area contributed by atoms with Gasteiger partial charge in [0.15, 0.2) is 0 Å². The Morgan fingerprint density at radius 3 is 3.07 bits per heavy atom. The average Bonchev–Trinajstić information content (AvgIpc) is 2.68. The maximum Gasteiger partial charge on any atom is 0.0534 e. The highest BCUT2D eigenvalue weighted by Gasteiger charge is 2.14. The van der Waals surface area contributed by atoms with E-state index < -0.39 is 0 Å². The zero-order valence-electron chi connectivity index (χ0n) is 9.28. The Labute approximate surface area is 90.6 Å². The Balaban J connectivity index is 1.86. The summed E-state index contributed by atoms with van der Waals surface area (Å²) in [4.78, 5) is 0. The molecule has 0 aliphatic carbocycles. The quantitative estimate of drug-likeness (QED) is 0.805. The minimum Gasteiger partial charge on any atom is -0.381 e. The summed E-state index contributed by atoms with van der Waals surface area (Å²) in [5.41, 5.74) is 1.25. The molecule has 0 radical (unpaired) electrons. The molecule has 0 amide bonds. The van der Waals surface area contributed by atoms with Gasteiger partial charge in [0, 0.05) is 38.1 Å². The molecule has 84 valence electrons. The molecular formula is C11H19N3O. The first-order valence-corrected chi connectivity index (χ1v) is 5.62. The normalized spacial score (nSPS) is 18.2. The van der Waals surface area contributed by atoms with Crippen molar-refractivity contribution in [1.29, 1.82) is 0 Å². The second-order valence-electron chi connectivity index (χ2n) is 4.16. The fourth-order valence-corrected chi connectivity index (χ4v) is 2.00. The third-order valence-electron chi connectivity index (χ3n) is 2.85. The van der Waals surface area contributed by atoms with Crippen molar-refractivity contribution in [3.63, 3.8) is 0 Å². The fourth-order valence-electron chi connectivity index (χ4n) is 2.00. The lowest BCUT2D eigenvalue weighted by molar-refractivity contribution is 0.0601. The monoisotopic (exact) mass is 209 g/mol. The second kappa shape index (κ2) is 5.28. The van der Waals surface area contributed by atoms with Crippen LogP contribution in [0, 0.1) is 5.92 Å². The van der Waals surface area contributed by atoms with Crippen molar-refractivity contribution in [1.82, 2.24) is 15.1 Å². The first-order valence-electron chi connectivity index (χ1n) is 5.62. The molecule has 2 rings (SSSR count). The van der Waals surface area contributed by atoms with Crippen molar-refractivity contribution in [2.24, 2.45) is 5.92 Å². The topological polar surface area (TPSA) is 39.1 Å². The van der Waals surface area contributed by atoms with Crippen LogP contribution in [0.1, 0.15) is 18.4 Å². The molecule has 0 bridgehead atoms. The van der Waals surface area contributed by atoms with Gasteiger partial charge in [-0.15, -0.1) is 0 Å². The highest BCUT2D eigenvalue weighted by Crippen LogP contribution is 2.16. The number of aromatic nitrogens is 2. The Morgan fingerprint density at radius 1 is 1.53 bits per heavy atom. The molecular weight excluding hydrogens is 190 g/mol. The van der Waals surface area contributed by atoms with Crippen molar-refractivity contribution in [2.45, 2.75) is 25.9 Å². The Hall–Kier alpha value is -0.870. The summed E-state index contributed by atoms with van der Waals surface area (Å²) < 4.78 is 7.40. The van der Waals surface area contributed by atoms with E-state index in [1.165, 1.54) is 18.4 Å². The maximum atomic E-state index is 5.34. The third kappa shape index (κ3) is 3.04. The van der Waals surface area contributed by atoms with Gasteiger partial charge >= 0.3 is 0 Å². The van der Waals surface area contributed by atoms with Gasteiger partial charge in [-0.1, -0.05) is 0 Å². The molecule has 1 aromatic heterocycles. The molecule has 15 heavy (non-hydrogen) atoms. The number of rotatable bonds is 4. The Kier molecular flexibility index (Phi) is 3.75. The van der Waals surface area contributed by atoms with E-state index >= 15 is 0 Å². The van der Waals surface area contributed by atoms with E-state index in [2.05, 4.69) is 21.3 Å². The van der Waals surface area contributed by atoms with Crippen LogP contribution in [0.4, 0.5) is 0 Å². The lowest BCUT2D eigenvalue weighted by Gasteiger charge is -2.21. The minimum absolute atomic E-state index is 0.737. The third-order valence-corrected chi connectivity index (χ3v) is 2.85. The van der Waals surface area contributed by atoms with E-state index in [9.17, 15) is 0 Å². The SMILES string of the molecule is CNCc1cnn(CC2CCOCC2)c1. The molecule has 0 saturated carbocycles. The van der Waals surface area contributed by atoms with Crippen LogP contribution in [0.3, 0.4) is 0 Å². The Morgan fingerprint density at radius 2 is 2.33 bits per heavy atom. The van der Waals surface area contributed by atoms with Crippen molar-refractivity contribution in [3.8, 4) is 0 Å². The summed E-state index contributed by atoms with van der Waals surface area (Å²) in [6, 6.07) is 0. The Bertz CT molecular complexity index is 292. The molecule has 0 atom stereocenters. The van der Waals surface area contributed by atoms with Crippen LogP contribution in [0.2, 0.25) is 0 Å². The van der Waals surface area contributed by atoms with Crippen LogP contribution >= 0.6 is 0 Å². The highest BCUT2D eigenvalue weighted by molar-refractivity contribution is 5.03. The number of hydrogen-bond acceptors (Lipinski definition) is 3. The van der Waals surface area contributed by atoms with Crippen LogP contribution in [0.5, 0.6) is 0 Å². The number of hydrogen-bond donors (Lipinski definition) is 1. The molecule has 4 heteroatoms. The summed E-state index contributed by atoms with van der Waals surface area (Å²) in [7, 11) is 1.95. The molecule has 0 spiro atoms. The molecule has 1 aromatic rings. The van der Waals surface area contributed by atoms with Gasteiger partial charge in [0.1, 0.15) is 0 Å². The van der Waals surface area contributed by atoms with E-state index in [1.807, 2.05) is 13.2 Å². The highest BCUT2D eigenvalue weighted by atomic mass is 16.5. The lowest BCUT2D eigenvalue weighted by atomic mass is 10.0. The van der Waals surface area contributed by atoms with Gasteiger partial charge in [0.25, 0.3) is 0 Å². The van der Waals surface area contributed by atoms with E-state index in [0.29, 0.717) is 0 Å². The van der Waals surface area contributed by atoms with Gasteiger partial charge in [-0.3, -0.25) is 4.68 Å². The zero-order valence-corrected chi connectivity index (χ0v) is 9.28. The van der Waals surface area contributed by atoms with Crippen LogP contribution in [-0.4, -0.2) is 30.0 Å². The van der Waals surface area contributed by atoms with Gasteiger partial charge in [0.2, 0.25) is 0 Å². The molecule has 0 unspecified atom stereocenters. The largest absolute Gasteiger partial charge is 0.381 e. The van der Waals surface area contributed by atoms with Crippen LogP contribution in [0.15, 0.2) is 12.4 Å². The van der Waals surface area contributed by atoms with Crippen LogP contribution in [0.25, 0.3) is 0 Å². The average molecular weight is 209 g/mol. The first-order chi connectivity index (χ1) is 7.38. The summed E-state index contributed by atoms with van der Waals surface area (Å²) in [6.07, 6.45) is 6.41.